The fraction of sp³-hybridized carbons (Fsp3) is 0.292. The maximum absolute atomic E-state index is 13.0. The molecule has 0 bridgehead atoms. The Labute approximate surface area is 210 Å². The van der Waals surface area contributed by atoms with E-state index >= 15 is 0 Å². The SMILES string of the molecule is CCNC(=NCc1ccccc1Cn1cccn1)NCCNC(=O)Cc1ccc(F)cc1.I. The molecule has 0 radical (unpaired) electrons. The minimum atomic E-state index is -0.308. The van der Waals surface area contributed by atoms with Crippen LogP contribution in [0.5, 0.6) is 0 Å². The average molecular weight is 564 g/mol. The van der Waals surface area contributed by atoms with Crippen LogP contribution in [0, 0.1) is 5.82 Å². The fourth-order valence-corrected chi connectivity index (χ4v) is 3.17. The fourth-order valence-electron chi connectivity index (χ4n) is 3.17. The summed E-state index contributed by atoms with van der Waals surface area (Å²) in [5, 5.41) is 13.6. The molecule has 9 heteroatoms. The second-order valence-corrected chi connectivity index (χ2v) is 7.25. The highest BCUT2D eigenvalue weighted by molar-refractivity contribution is 14.0. The number of nitrogens with one attached hydrogen (secondary N) is 3. The van der Waals surface area contributed by atoms with Crippen LogP contribution in [0.4, 0.5) is 4.39 Å². The van der Waals surface area contributed by atoms with Crippen LogP contribution in [0.2, 0.25) is 0 Å². The van der Waals surface area contributed by atoms with Crippen molar-refractivity contribution in [3.63, 3.8) is 0 Å². The molecule has 0 unspecified atom stereocenters. The van der Waals surface area contributed by atoms with E-state index in [0.717, 1.165) is 17.7 Å². The van der Waals surface area contributed by atoms with Gasteiger partial charge in [-0.1, -0.05) is 36.4 Å². The van der Waals surface area contributed by atoms with Crippen molar-refractivity contribution < 1.29 is 9.18 Å². The Kier molecular flexibility index (Phi) is 11.4. The van der Waals surface area contributed by atoms with Crippen molar-refractivity contribution in [2.24, 2.45) is 4.99 Å². The lowest BCUT2D eigenvalue weighted by atomic mass is 10.1. The molecule has 0 saturated carbocycles. The Hall–Kier alpha value is -2.95. The van der Waals surface area contributed by atoms with Crippen molar-refractivity contribution in [2.75, 3.05) is 19.6 Å². The number of hydrogen-bond donors (Lipinski definition) is 3. The molecule has 1 aromatic heterocycles. The third-order valence-corrected chi connectivity index (χ3v) is 4.78. The normalized spacial score (nSPS) is 10.9. The second-order valence-electron chi connectivity index (χ2n) is 7.25. The van der Waals surface area contributed by atoms with E-state index < -0.39 is 0 Å². The highest BCUT2D eigenvalue weighted by atomic mass is 127. The van der Waals surface area contributed by atoms with Crippen LogP contribution in [0.1, 0.15) is 23.6 Å². The summed E-state index contributed by atoms with van der Waals surface area (Å²) in [6.45, 7) is 4.97. The number of carbonyl (C=O) groups is 1. The molecular formula is C24H30FIN6O. The summed E-state index contributed by atoms with van der Waals surface area (Å²) in [7, 11) is 0. The number of amides is 1. The summed E-state index contributed by atoms with van der Waals surface area (Å²) in [5.74, 6) is 0.277. The zero-order chi connectivity index (χ0) is 22.6. The number of hydrogen-bond acceptors (Lipinski definition) is 3. The number of benzene rings is 2. The Morgan fingerprint density at radius 3 is 2.42 bits per heavy atom. The van der Waals surface area contributed by atoms with Crippen molar-refractivity contribution in [2.45, 2.75) is 26.4 Å². The van der Waals surface area contributed by atoms with E-state index in [4.69, 9.17) is 0 Å². The lowest BCUT2D eigenvalue weighted by Gasteiger charge is -2.13. The molecule has 7 nitrogen and oxygen atoms in total. The second kappa shape index (κ2) is 14.2. The van der Waals surface area contributed by atoms with Gasteiger partial charge in [0.15, 0.2) is 5.96 Å². The Morgan fingerprint density at radius 2 is 1.73 bits per heavy atom. The van der Waals surface area contributed by atoms with Gasteiger partial charge in [0.25, 0.3) is 0 Å². The summed E-state index contributed by atoms with van der Waals surface area (Å²) in [6.07, 6.45) is 3.93. The lowest BCUT2D eigenvalue weighted by molar-refractivity contribution is -0.120. The van der Waals surface area contributed by atoms with Gasteiger partial charge in [-0.2, -0.15) is 5.10 Å². The van der Waals surface area contributed by atoms with E-state index in [1.54, 1.807) is 18.3 Å². The quantitative estimate of drug-likeness (QED) is 0.153. The zero-order valence-electron chi connectivity index (χ0n) is 18.6. The summed E-state index contributed by atoms with van der Waals surface area (Å²) in [5.41, 5.74) is 3.08. The smallest absolute Gasteiger partial charge is 0.224 e. The minimum Gasteiger partial charge on any atom is -0.357 e. The highest BCUT2D eigenvalue weighted by Crippen LogP contribution is 2.11. The molecule has 0 aliphatic rings. The molecule has 3 N–H and O–H groups in total. The van der Waals surface area contributed by atoms with E-state index in [0.29, 0.717) is 32.1 Å². The van der Waals surface area contributed by atoms with E-state index in [1.165, 1.54) is 17.7 Å². The van der Waals surface area contributed by atoms with Gasteiger partial charge in [0.1, 0.15) is 5.82 Å². The molecule has 33 heavy (non-hydrogen) atoms. The molecular weight excluding hydrogens is 534 g/mol. The maximum atomic E-state index is 13.0. The molecule has 1 heterocycles. The van der Waals surface area contributed by atoms with Gasteiger partial charge in [-0.05, 0) is 41.8 Å². The summed E-state index contributed by atoms with van der Waals surface area (Å²) < 4.78 is 14.8. The van der Waals surface area contributed by atoms with E-state index in [-0.39, 0.29) is 42.1 Å². The number of guanidine groups is 1. The van der Waals surface area contributed by atoms with Gasteiger partial charge < -0.3 is 16.0 Å². The van der Waals surface area contributed by atoms with E-state index in [9.17, 15) is 9.18 Å². The monoisotopic (exact) mass is 564 g/mol. The van der Waals surface area contributed by atoms with Crippen LogP contribution >= 0.6 is 24.0 Å². The molecule has 0 spiro atoms. The largest absolute Gasteiger partial charge is 0.357 e. The molecule has 0 aliphatic heterocycles. The van der Waals surface area contributed by atoms with Crippen molar-refractivity contribution in [1.29, 1.82) is 0 Å². The Balaban J connectivity index is 0.00000385. The predicted molar refractivity (Wildman–Crippen MR) is 139 cm³/mol. The van der Waals surface area contributed by atoms with Crippen molar-refractivity contribution in [3.05, 3.63) is 89.5 Å². The number of nitrogens with zero attached hydrogens (tertiary/aromatic N) is 3. The predicted octanol–water partition coefficient (Wildman–Crippen LogP) is 3.10. The standard InChI is InChI=1S/C24H29FN6O.HI/c1-2-26-24(28-14-13-27-23(32)16-19-8-10-22(25)11-9-19)29-17-20-6-3-4-7-21(20)18-31-15-5-12-30-31;/h3-12,15H,2,13-14,16-18H2,1H3,(H,27,32)(H2,26,28,29);1H. The number of carbonyl (C=O) groups excluding carboxylic acids is 1. The van der Waals surface area contributed by atoms with Gasteiger partial charge in [0.2, 0.25) is 5.91 Å². The van der Waals surface area contributed by atoms with Crippen LogP contribution in [0.15, 0.2) is 72.0 Å². The van der Waals surface area contributed by atoms with Crippen LogP contribution in [0.25, 0.3) is 0 Å². The summed E-state index contributed by atoms with van der Waals surface area (Å²) in [4.78, 5) is 16.7. The minimum absolute atomic E-state index is 0. The Morgan fingerprint density at radius 1 is 1.00 bits per heavy atom. The van der Waals surface area contributed by atoms with Crippen molar-refractivity contribution >= 4 is 35.8 Å². The lowest BCUT2D eigenvalue weighted by Crippen LogP contribution is -2.41. The number of aliphatic imine (C=N–C) groups is 1. The third kappa shape index (κ3) is 9.21. The molecule has 3 rings (SSSR count). The van der Waals surface area contributed by atoms with Crippen LogP contribution in [-0.2, 0) is 24.3 Å². The Bertz CT molecular complexity index is 1010. The van der Waals surface area contributed by atoms with Gasteiger partial charge in [0.05, 0.1) is 19.5 Å². The summed E-state index contributed by atoms with van der Waals surface area (Å²) >= 11 is 0. The van der Waals surface area contributed by atoms with Gasteiger partial charge in [-0.3, -0.25) is 9.48 Å². The van der Waals surface area contributed by atoms with E-state index in [1.807, 2.05) is 36.0 Å². The first kappa shape index (κ1) is 26.3. The molecule has 0 aliphatic carbocycles. The van der Waals surface area contributed by atoms with Crippen molar-refractivity contribution in [1.82, 2.24) is 25.7 Å². The van der Waals surface area contributed by atoms with Gasteiger partial charge in [-0.25, -0.2) is 9.38 Å². The number of halogens is 2. The summed E-state index contributed by atoms with van der Waals surface area (Å²) in [6, 6.07) is 16.0. The first-order valence-corrected chi connectivity index (χ1v) is 10.7. The van der Waals surface area contributed by atoms with Gasteiger partial charge >= 0.3 is 0 Å². The molecule has 0 fully saturated rings. The molecule has 0 saturated heterocycles. The zero-order valence-corrected chi connectivity index (χ0v) is 21.0. The molecule has 0 atom stereocenters. The van der Waals surface area contributed by atoms with Crippen LogP contribution in [0.3, 0.4) is 0 Å². The van der Waals surface area contributed by atoms with Crippen LogP contribution in [-0.4, -0.2) is 41.3 Å². The van der Waals surface area contributed by atoms with Gasteiger partial charge in [0, 0.05) is 32.0 Å². The first-order chi connectivity index (χ1) is 15.6. The van der Waals surface area contributed by atoms with Gasteiger partial charge in [-0.15, -0.1) is 24.0 Å². The third-order valence-electron chi connectivity index (χ3n) is 4.78. The highest BCUT2D eigenvalue weighted by Gasteiger charge is 2.05. The number of rotatable bonds is 10. The first-order valence-electron chi connectivity index (χ1n) is 10.7. The molecule has 2 aromatic carbocycles. The average Bonchev–Trinajstić information content (AvgIpc) is 3.30. The molecule has 176 valence electrons. The topological polar surface area (TPSA) is 83.3 Å². The maximum Gasteiger partial charge on any atom is 0.224 e. The van der Waals surface area contributed by atoms with Crippen molar-refractivity contribution in [3.8, 4) is 0 Å². The van der Waals surface area contributed by atoms with Crippen LogP contribution < -0.4 is 16.0 Å². The molecule has 3 aromatic rings. The van der Waals surface area contributed by atoms with E-state index in [2.05, 4.69) is 38.2 Å². The molecule has 1 amide bonds. The number of aromatic nitrogens is 2.